The van der Waals surface area contributed by atoms with Crippen molar-refractivity contribution in [1.82, 2.24) is 4.90 Å². The van der Waals surface area contributed by atoms with Crippen molar-refractivity contribution in [1.29, 1.82) is 0 Å². The van der Waals surface area contributed by atoms with E-state index in [9.17, 15) is 0 Å². The van der Waals surface area contributed by atoms with Crippen LogP contribution in [0.5, 0.6) is 0 Å². The summed E-state index contributed by atoms with van der Waals surface area (Å²) >= 11 is 5.32. The van der Waals surface area contributed by atoms with Gasteiger partial charge >= 0.3 is 0 Å². The zero-order chi connectivity index (χ0) is 13.7. The van der Waals surface area contributed by atoms with E-state index in [-0.39, 0.29) is 0 Å². The Labute approximate surface area is 127 Å². The number of anilines is 1. The molecule has 1 aromatic carbocycles. The Bertz CT molecular complexity index is 507. The number of benzene rings is 1. The van der Waals surface area contributed by atoms with E-state index in [2.05, 4.69) is 68.9 Å². The van der Waals surface area contributed by atoms with Crippen molar-refractivity contribution in [2.24, 2.45) is 0 Å². The molecule has 0 unspecified atom stereocenters. The number of nitrogens with one attached hydrogen (secondary N) is 1. The molecule has 0 aliphatic rings. The van der Waals surface area contributed by atoms with Crippen LogP contribution in [0.15, 0.2) is 40.2 Å². The Morgan fingerprint density at radius 1 is 1.26 bits per heavy atom. The molecular formula is C15H19BrN2S. The first kappa shape index (κ1) is 14.6. The molecular weight excluding hydrogens is 320 g/mol. The van der Waals surface area contributed by atoms with E-state index in [1.165, 1.54) is 14.9 Å². The summed E-state index contributed by atoms with van der Waals surface area (Å²) < 4.78 is 1.19. The van der Waals surface area contributed by atoms with Crippen molar-refractivity contribution in [3.63, 3.8) is 0 Å². The van der Waals surface area contributed by atoms with Gasteiger partial charge < -0.3 is 10.2 Å². The molecule has 4 heteroatoms. The van der Waals surface area contributed by atoms with Gasteiger partial charge in [0, 0.05) is 40.6 Å². The smallest absolute Gasteiger partial charge is 0.0337 e. The summed E-state index contributed by atoms with van der Waals surface area (Å²) in [5.41, 5.74) is 2.52. The van der Waals surface area contributed by atoms with Crippen molar-refractivity contribution in [2.75, 3.05) is 26.0 Å². The maximum Gasteiger partial charge on any atom is 0.0337 e. The predicted octanol–water partition coefficient (Wildman–Crippen LogP) is 4.23. The fourth-order valence-electron chi connectivity index (χ4n) is 1.95. The van der Waals surface area contributed by atoms with Crippen molar-refractivity contribution >= 4 is 33.0 Å². The molecule has 2 aromatic rings. The first-order valence-electron chi connectivity index (χ1n) is 6.35. The van der Waals surface area contributed by atoms with Crippen LogP contribution in [-0.2, 0) is 13.0 Å². The van der Waals surface area contributed by atoms with Crippen LogP contribution >= 0.6 is 27.3 Å². The Morgan fingerprint density at radius 2 is 2.00 bits per heavy atom. The molecule has 0 bridgehead atoms. The Morgan fingerprint density at radius 3 is 2.58 bits per heavy atom. The van der Waals surface area contributed by atoms with Gasteiger partial charge in [-0.05, 0) is 53.2 Å². The van der Waals surface area contributed by atoms with Gasteiger partial charge in [0.1, 0.15) is 0 Å². The highest BCUT2D eigenvalue weighted by molar-refractivity contribution is 9.10. The highest BCUT2D eigenvalue weighted by Crippen LogP contribution is 2.20. The first-order chi connectivity index (χ1) is 9.17. The van der Waals surface area contributed by atoms with Gasteiger partial charge in [-0.1, -0.05) is 12.1 Å². The number of rotatable bonds is 6. The molecule has 0 atom stereocenters. The Balaban J connectivity index is 1.81. The highest BCUT2D eigenvalue weighted by atomic mass is 79.9. The minimum absolute atomic E-state index is 0.997. The lowest BCUT2D eigenvalue weighted by Gasteiger charge is -2.16. The number of nitrogens with zero attached hydrogens (tertiary/aromatic N) is 1. The van der Waals surface area contributed by atoms with Gasteiger partial charge in [0.05, 0.1) is 0 Å². The molecule has 1 N–H and O–H groups in total. The second kappa shape index (κ2) is 7.08. The number of likely N-dealkylation sites (N-methyl/N-ethyl adjacent to an activating group) is 1. The third-order valence-electron chi connectivity index (χ3n) is 3.06. The topological polar surface area (TPSA) is 15.3 Å². The number of hydrogen-bond acceptors (Lipinski definition) is 3. The maximum atomic E-state index is 3.50. The fourth-order valence-corrected chi connectivity index (χ4v) is 3.40. The minimum atomic E-state index is 0.997. The van der Waals surface area contributed by atoms with Crippen LogP contribution in [0.4, 0.5) is 5.69 Å². The maximum absolute atomic E-state index is 3.50. The Hall–Kier alpha value is -0.840. The van der Waals surface area contributed by atoms with Gasteiger partial charge in [-0.15, -0.1) is 11.3 Å². The molecule has 0 fully saturated rings. The molecule has 0 saturated carbocycles. The predicted molar refractivity (Wildman–Crippen MR) is 88.0 cm³/mol. The fraction of sp³-hybridized carbons (Fsp3) is 0.333. The van der Waals surface area contributed by atoms with Crippen molar-refractivity contribution in [3.05, 3.63) is 50.6 Å². The third-order valence-corrected chi connectivity index (χ3v) is 4.81. The highest BCUT2D eigenvalue weighted by Gasteiger charge is 2.03. The molecule has 1 aromatic heterocycles. The summed E-state index contributed by atoms with van der Waals surface area (Å²) in [6.45, 7) is 2.08. The molecule has 19 heavy (non-hydrogen) atoms. The third kappa shape index (κ3) is 4.64. The second-order valence-electron chi connectivity index (χ2n) is 4.67. The summed E-state index contributed by atoms with van der Waals surface area (Å²) in [6, 6.07) is 10.8. The number of halogens is 1. The quantitative estimate of drug-likeness (QED) is 0.847. The standard InChI is InChI=1S/C15H19BrN2S/c1-17-14-5-3-12(4-6-14)10-18(2)8-7-15-9-13(16)11-19-15/h3-6,9,11,17H,7-8,10H2,1-2H3. The van der Waals surface area contributed by atoms with Crippen LogP contribution in [0.2, 0.25) is 0 Å². The molecule has 1 heterocycles. The molecule has 0 radical (unpaired) electrons. The summed E-state index contributed by atoms with van der Waals surface area (Å²) in [6.07, 6.45) is 1.11. The van der Waals surface area contributed by atoms with E-state index in [4.69, 9.17) is 0 Å². The lowest BCUT2D eigenvalue weighted by atomic mass is 10.2. The SMILES string of the molecule is CNc1ccc(CN(C)CCc2cc(Br)cs2)cc1. The molecule has 0 spiro atoms. The van der Waals surface area contributed by atoms with Crippen LogP contribution in [0.1, 0.15) is 10.4 Å². The normalized spacial score (nSPS) is 10.9. The van der Waals surface area contributed by atoms with E-state index in [0.717, 1.165) is 25.2 Å². The van der Waals surface area contributed by atoms with E-state index >= 15 is 0 Å². The van der Waals surface area contributed by atoms with Crippen LogP contribution in [-0.4, -0.2) is 25.5 Å². The van der Waals surface area contributed by atoms with Crippen LogP contribution in [0, 0.1) is 0 Å². The van der Waals surface area contributed by atoms with Crippen LogP contribution in [0.25, 0.3) is 0 Å². The Kier molecular flexibility index (Phi) is 5.43. The zero-order valence-electron chi connectivity index (χ0n) is 11.3. The van der Waals surface area contributed by atoms with Gasteiger partial charge in [0.25, 0.3) is 0 Å². The van der Waals surface area contributed by atoms with Crippen LogP contribution < -0.4 is 5.32 Å². The summed E-state index contributed by atoms with van der Waals surface area (Å²) in [4.78, 5) is 3.80. The molecule has 2 rings (SSSR count). The van der Waals surface area contributed by atoms with Gasteiger partial charge in [-0.25, -0.2) is 0 Å². The van der Waals surface area contributed by atoms with Crippen molar-refractivity contribution in [3.8, 4) is 0 Å². The van der Waals surface area contributed by atoms with Crippen molar-refractivity contribution in [2.45, 2.75) is 13.0 Å². The van der Waals surface area contributed by atoms with Gasteiger partial charge in [0.15, 0.2) is 0 Å². The average Bonchev–Trinajstić information content (AvgIpc) is 2.83. The van der Waals surface area contributed by atoms with E-state index in [1.807, 2.05) is 18.4 Å². The zero-order valence-corrected chi connectivity index (χ0v) is 13.7. The lowest BCUT2D eigenvalue weighted by molar-refractivity contribution is 0.332. The van der Waals surface area contributed by atoms with E-state index in [0.29, 0.717) is 0 Å². The number of thiophene rings is 1. The number of hydrogen-bond donors (Lipinski definition) is 1. The van der Waals surface area contributed by atoms with E-state index in [1.54, 1.807) is 0 Å². The largest absolute Gasteiger partial charge is 0.388 e. The molecule has 2 nitrogen and oxygen atoms in total. The molecule has 0 amide bonds. The molecule has 0 saturated heterocycles. The second-order valence-corrected chi connectivity index (χ2v) is 6.58. The van der Waals surface area contributed by atoms with Crippen molar-refractivity contribution < 1.29 is 0 Å². The average molecular weight is 339 g/mol. The first-order valence-corrected chi connectivity index (χ1v) is 8.03. The summed E-state index contributed by atoms with van der Waals surface area (Å²) in [7, 11) is 4.12. The molecule has 0 aliphatic heterocycles. The minimum Gasteiger partial charge on any atom is -0.388 e. The summed E-state index contributed by atoms with van der Waals surface area (Å²) in [5.74, 6) is 0. The van der Waals surface area contributed by atoms with E-state index < -0.39 is 0 Å². The molecule has 0 aliphatic carbocycles. The van der Waals surface area contributed by atoms with Gasteiger partial charge in [-0.2, -0.15) is 0 Å². The summed E-state index contributed by atoms with van der Waals surface area (Å²) in [5, 5.41) is 5.28. The van der Waals surface area contributed by atoms with Gasteiger partial charge in [-0.3, -0.25) is 0 Å². The lowest BCUT2D eigenvalue weighted by Crippen LogP contribution is -2.20. The van der Waals surface area contributed by atoms with Gasteiger partial charge in [0.2, 0.25) is 0 Å². The van der Waals surface area contributed by atoms with Crippen LogP contribution in [0.3, 0.4) is 0 Å². The monoisotopic (exact) mass is 338 g/mol. The molecule has 102 valence electrons.